The van der Waals surface area contributed by atoms with Gasteiger partial charge in [0.1, 0.15) is 12.4 Å². The molecule has 108 valence electrons. The normalized spacial score (nSPS) is 10.9. The Hall–Kier alpha value is -2.15. The third-order valence-electron chi connectivity index (χ3n) is 2.76. The number of hydrogen-bond donors (Lipinski definition) is 2. The van der Waals surface area contributed by atoms with Crippen LogP contribution in [0.3, 0.4) is 0 Å². The van der Waals surface area contributed by atoms with Crippen LogP contribution in [-0.4, -0.2) is 25.7 Å². The summed E-state index contributed by atoms with van der Waals surface area (Å²) < 4.78 is 5.32. The first-order valence-electron chi connectivity index (χ1n) is 6.95. The molecule has 0 aliphatic heterocycles. The summed E-state index contributed by atoms with van der Waals surface area (Å²) in [5.41, 5.74) is 6.97. The molecule has 0 radical (unpaired) electrons. The maximum atomic E-state index is 5.76. The number of nitrogens with one attached hydrogen (secondary N) is 1. The van der Waals surface area contributed by atoms with E-state index in [0.717, 1.165) is 38.1 Å². The lowest BCUT2D eigenvalue weighted by Gasteiger charge is -2.07. The van der Waals surface area contributed by atoms with Crippen LogP contribution >= 0.6 is 0 Å². The molecule has 0 saturated heterocycles. The molecule has 0 amide bonds. The molecular weight excluding hydrogens is 250 g/mol. The highest BCUT2D eigenvalue weighted by Gasteiger charge is 1.96. The summed E-state index contributed by atoms with van der Waals surface area (Å²) in [6.45, 7) is 3.99. The predicted octanol–water partition coefficient (Wildman–Crippen LogP) is 1.95. The van der Waals surface area contributed by atoms with Gasteiger partial charge in [-0.25, -0.2) is 0 Å². The Balaban J connectivity index is 2.28. The molecule has 0 heterocycles. The molecule has 0 spiro atoms. The van der Waals surface area contributed by atoms with Crippen molar-refractivity contribution in [3.63, 3.8) is 0 Å². The monoisotopic (exact) mass is 273 g/mol. The van der Waals surface area contributed by atoms with Gasteiger partial charge in [0.25, 0.3) is 0 Å². The number of terminal acetylenes is 1. The average molecular weight is 273 g/mol. The fourth-order valence-corrected chi connectivity index (χ4v) is 1.63. The van der Waals surface area contributed by atoms with Gasteiger partial charge in [0.2, 0.25) is 0 Å². The number of rotatable bonds is 8. The molecule has 0 aliphatic carbocycles. The zero-order valence-corrected chi connectivity index (χ0v) is 12.1. The van der Waals surface area contributed by atoms with Gasteiger partial charge in [0.15, 0.2) is 5.96 Å². The third-order valence-corrected chi connectivity index (χ3v) is 2.76. The first kappa shape index (κ1) is 15.9. The fraction of sp³-hybridized carbons (Fsp3) is 0.438. The number of unbranched alkanes of at least 4 members (excludes halogenated alkanes) is 1. The van der Waals surface area contributed by atoms with Crippen molar-refractivity contribution in [1.82, 2.24) is 5.32 Å². The van der Waals surface area contributed by atoms with Crippen LogP contribution in [0.15, 0.2) is 29.3 Å². The summed E-state index contributed by atoms with van der Waals surface area (Å²) >= 11 is 0. The van der Waals surface area contributed by atoms with Gasteiger partial charge in [0.05, 0.1) is 0 Å². The van der Waals surface area contributed by atoms with Gasteiger partial charge < -0.3 is 15.8 Å². The maximum Gasteiger partial charge on any atom is 0.188 e. The molecule has 4 heteroatoms. The van der Waals surface area contributed by atoms with Gasteiger partial charge in [-0.05, 0) is 30.5 Å². The number of nitrogens with zero attached hydrogens (tertiary/aromatic N) is 1. The Bertz CT molecular complexity index is 446. The van der Waals surface area contributed by atoms with Crippen molar-refractivity contribution in [2.75, 3.05) is 19.7 Å². The molecule has 0 bridgehead atoms. The third kappa shape index (κ3) is 6.69. The van der Waals surface area contributed by atoms with E-state index in [2.05, 4.69) is 23.2 Å². The van der Waals surface area contributed by atoms with E-state index in [1.807, 2.05) is 24.3 Å². The second kappa shape index (κ2) is 9.74. The van der Waals surface area contributed by atoms with Crippen molar-refractivity contribution in [2.45, 2.75) is 26.2 Å². The van der Waals surface area contributed by atoms with Crippen LogP contribution in [0.5, 0.6) is 5.75 Å². The van der Waals surface area contributed by atoms with E-state index in [-0.39, 0.29) is 0 Å². The van der Waals surface area contributed by atoms with E-state index >= 15 is 0 Å². The predicted molar refractivity (Wildman–Crippen MR) is 83.9 cm³/mol. The lowest BCUT2D eigenvalue weighted by Crippen LogP contribution is -2.33. The Labute approximate surface area is 121 Å². The van der Waals surface area contributed by atoms with Crippen LogP contribution in [0, 0.1) is 12.3 Å². The lowest BCUT2D eigenvalue weighted by atomic mass is 10.1. The minimum absolute atomic E-state index is 0.297. The van der Waals surface area contributed by atoms with E-state index in [1.165, 1.54) is 5.56 Å². The van der Waals surface area contributed by atoms with Crippen molar-refractivity contribution in [2.24, 2.45) is 10.7 Å². The Morgan fingerprint density at radius 1 is 1.40 bits per heavy atom. The van der Waals surface area contributed by atoms with Gasteiger partial charge >= 0.3 is 0 Å². The van der Waals surface area contributed by atoms with Gasteiger partial charge in [-0.3, -0.25) is 4.99 Å². The van der Waals surface area contributed by atoms with Crippen molar-refractivity contribution in [3.05, 3.63) is 29.8 Å². The summed E-state index contributed by atoms with van der Waals surface area (Å²) in [5.74, 6) is 3.75. The SMILES string of the molecule is C#CCOc1ccc(CCNC(N)=NCCCC)cc1. The summed E-state index contributed by atoms with van der Waals surface area (Å²) in [4.78, 5) is 4.24. The van der Waals surface area contributed by atoms with E-state index in [0.29, 0.717) is 12.6 Å². The van der Waals surface area contributed by atoms with Crippen LogP contribution in [-0.2, 0) is 6.42 Å². The zero-order chi connectivity index (χ0) is 14.6. The summed E-state index contributed by atoms with van der Waals surface area (Å²) in [7, 11) is 0. The summed E-state index contributed by atoms with van der Waals surface area (Å²) in [6, 6.07) is 7.90. The maximum absolute atomic E-state index is 5.76. The van der Waals surface area contributed by atoms with Gasteiger partial charge in [-0.1, -0.05) is 31.4 Å². The minimum atomic E-state index is 0.297. The largest absolute Gasteiger partial charge is 0.481 e. The molecule has 0 fully saturated rings. The smallest absolute Gasteiger partial charge is 0.188 e. The highest BCUT2D eigenvalue weighted by Crippen LogP contribution is 2.12. The van der Waals surface area contributed by atoms with E-state index in [4.69, 9.17) is 16.9 Å². The standard InChI is InChI=1S/C16H23N3O/c1-3-5-11-18-16(17)19-12-10-14-6-8-15(9-7-14)20-13-4-2/h2,6-9H,3,5,10-13H2,1H3,(H3,17,18,19). The molecule has 0 atom stereocenters. The molecule has 4 nitrogen and oxygen atoms in total. The number of benzene rings is 1. The highest BCUT2D eigenvalue weighted by atomic mass is 16.5. The van der Waals surface area contributed by atoms with Gasteiger partial charge in [-0.2, -0.15) is 0 Å². The van der Waals surface area contributed by atoms with E-state index < -0.39 is 0 Å². The molecule has 1 rings (SSSR count). The Morgan fingerprint density at radius 3 is 2.80 bits per heavy atom. The molecule has 0 aliphatic rings. The molecule has 1 aromatic rings. The van der Waals surface area contributed by atoms with Gasteiger partial charge in [-0.15, -0.1) is 6.42 Å². The van der Waals surface area contributed by atoms with E-state index in [9.17, 15) is 0 Å². The van der Waals surface area contributed by atoms with Crippen LogP contribution in [0.4, 0.5) is 0 Å². The molecular formula is C16H23N3O. The summed E-state index contributed by atoms with van der Waals surface area (Å²) in [5, 5.41) is 3.11. The summed E-state index contributed by atoms with van der Waals surface area (Å²) in [6.07, 6.45) is 8.23. The Morgan fingerprint density at radius 2 is 2.15 bits per heavy atom. The Kier molecular flexibility index (Phi) is 7.74. The second-order valence-corrected chi connectivity index (χ2v) is 4.43. The molecule has 3 N–H and O–H groups in total. The first-order valence-corrected chi connectivity index (χ1v) is 6.95. The van der Waals surface area contributed by atoms with Crippen molar-refractivity contribution in [3.8, 4) is 18.1 Å². The van der Waals surface area contributed by atoms with Crippen molar-refractivity contribution < 1.29 is 4.74 Å². The van der Waals surface area contributed by atoms with Crippen molar-refractivity contribution >= 4 is 5.96 Å². The zero-order valence-electron chi connectivity index (χ0n) is 12.1. The lowest BCUT2D eigenvalue weighted by molar-refractivity contribution is 0.370. The number of guanidine groups is 1. The fourth-order valence-electron chi connectivity index (χ4n) is 1.63. The van der Waals surface area contributed by atoms with Gasteiger partial charge in [0, 0.05) is 13.1 Å². The van der Waals surface area contributed by atoms with Crippen LogP contribution in [0.1, 0.15) is 25.3 Å². The number of nitrogens with two attached hydrogens (primary N) is 1. The topological polar surface area (TPSA) is 59.6 Å². The quantitative estimate of drug-likeness (QED) is 0.329. The van der Waals surface area contributed by atoms with Crippen LogP contribution < -0.4 is 15.8 Å². The average Bonchev–Trinajstić information content (AvgIpc) is 2.47. The van der Waals surface area contributed by atoms with Crippen LogP contribution in [0.2, 0.25) is 0 Å². The molecule has 0 saturated carbocycles. The first-order chi connectivity index (χ1) is 9.76. The molecule has 20 heavy (non-hydrogen) atoms. The number of ether oxygens (including phenoxy) is 1. The van der Waals surface area contributed by atoms with Crippen LogP contribution in [0.25, 0.3) is 0 Å². The van der Waals surface area contributed by atoms with Crippen molar-refractivity contribution in [1.29, 1.82) is 0 Å². The molecule has 0 unspecified atom stereocenters. The minimum Gasteiger partial charge on any atom is -0.481 e. The number of aliphatic imine (C=N–C) groups is 1. The second-order valence-electron chi connectivity index (χ2n) is 4.43. The number of hydrogen-bond acceptors (Lipinski definition) is 2. The molecule has 0 aromatic heterocycles. The molecule has 1 aromatic carbocycles. The van der Waals surface area contributed by atoms with E-state index in [1.54, 1.807) is 0 Å². The highest BCUT2D eigenvalue weighted by molar-refractivity contribution is 5.77.